The number of alkyl halides is 1. The highest BCUT2D eigenvalue weighted by atomic mass is 35.5. The molecule has 1 aromatic carbocycles. The Morgan fingerprint density at radius 3 is 2.78 bits per heavy atom. The normalized spacial score (nSPS) is 12.5. The maximum Gasteiger partial charge on any atom is 0.255 e. The van der Waals surface area contributed by atoms with Gasteiger partial charge < -0.3 is 10.4 Å². The van der Waals surface area contributed by atoms with Crippen LogP contribution in [0.25, 0.3) is 0 Å². The SMILES string of the molecule is CC(C)CC(Cl)CNC(=O)c1cc(F)ccc1O. The number of aromatic hydroxyl groups is 1. The monoisotopic (exact) mass is 273 g/mol. The highest BCUT2D eigenvalue weighted by Crippen LogP contribution is 2.18. The van der Waals surface area contributed by atoms with Gasteiger partial charge in [0.2, 0.25) is 0 Å². The van der Waals surface area contributed by atoms with Crippen molar-refractivity contribution < 1.29 is 14.3 Å². The number of phenols is 1. The van der Waals surface area contributed by atoms with Gasteiger partial charge in [-0.05, 0) is 30.5 Å². The first-order valence-electron chi connectivity index (χ1n) is 5.81. The number of nitrogens with one attached hydrogen (secondary N) is 1. The number of carbonyl (C=O) groups is 1. The molecule has 100 valence electrons. The summed E-state index contributed by atoms with van der Waals surface area (Å²) in [5.74, 6) is -0.903. The van der Waals surface area contributed by atoms with E-state index >= 15 is 0 Å². The van der Waals surface area contributed by atoms with Crippen molar-refractivity contribution in [2.45, 2.75) is 25.6 Å². The van der Waals surface area contributed by atoms with Crippen LogP contribution in [-0.4, -0.2) is 22.9 Å². The van der Waals surface area contributed by atoms with Crippen molar-refractivity contribution in [3.8, 4) is 5.75 Å². The van der Waals surface area contributed by atoms with Crippen LogP contribution in [-0.2, 0) is 0 Å². The molecule has 0 heterocycles. The molecular formula is C13H17ClFNO2. The summed E-state index contributed by atoms with van der Waals surface area (Å²) in [7, 11) is 0. The van der Waals surface area contributed by atoms with Gasteiger partial charge in [-0.1, -0.05) is 13.8 Å². The zero-order chi connectivity index (χ0) is 13.7. The van der Waals surface area contributed by atoms with Crippen LogP contribution in [0.4, 0.5) is 4.39 Å². The molecule has 0 aliphatic rings. The molecule has 18 heavy (non-hydrogen) atoms. The zero-order valence-corrected chi connectivity index (χ0v) is 11.2. The maximum absolute atomic E-state index is 13.0. The summed E-state index contributed by atoms with van der Waals surface area (Å²) in [6, 6.07) is 3.24. The van der Waals surface area contributed by atoms with E-state index in [1.165, 1.54) is 0 Å². The molecule has 0 saturated heterocycles. The lowest BCUT2D eigenvalue weighted by Crippen LogP contribution is -2.30. The van der Waals surface area contributed by atoms with Gasteiger partial charge in [-0.25, -0.2) is 4.39 Å². The largest absolute Gasteiger partial charge is 0.507 e. The van der Waals surface area contributed by atoms with E-state index < -0.39 is 11.7 Å². The summed E-state index contributed by atoms with van der Waals surface area (Å²) in [5.41, 5.74) is -0.0802. The average molecular weight is 274 g/mol. The standard InChI is InChI=1S/C13H17ClFNO2/c1-8(2)5-9(14)7-16-13(18)11-6-10(15)3-4-12(11)17/h3-4,6,8-9,17H,5,7H2,1-2H3,(H,16,18). The van der Waals surface area contributed by atoms with E-state index in [1.807, 2.05) is 13.8 Å². The first-order valence-corrected chi connectivity index (χ1v) is 6.24. The third kappa shape index (κ3) is 4.53. The molecule has 3 nitrogen and oxygen atoms in total. The Morgan fingerprint density at radius 2 is 2.17 bits per heavy atom. The van der Waals surface area contributed by atoms with Gasteiger partial charge in [-0.3, -0.25) is 4.79 Å². The van der Waals surface area contributed by atoms with Crippen LogP contribution in [0.1, 0.15) is 30.6 Å². The van der Waals surface area contributed by atoms with Crippen molar-refractivity contribution in [3.63, 3.8) is 0 Å². The van der Waals surface area contributed by atoms with E-state index in [9.17, 15) is 14.3 Å². The average Bonchev–Trinajstić information content (AvgIpc) is 2.28. The molecule has 0 saturated carbocycles. The molecule has 0 aliphatic carbocycles. The summed E-state index contributed by atoms with van der Waals surface area (Å²) in [6.45, 7) is 4.36. The molecule has 1 atom stereocenters. The maximum atomic E-state index is 13.0. The number of rotatable bonds is 5. The summed E-state index contributed by atoms with van der Waals surface area (Å²) in [5, 5.41) is 11.9. The Kier molecular flexibility index (Phi) is 5.41. The zero-order valence-electron chi connectivity index (χ0n) is 10.4. The first-order chi connectivity index (χ1) is 8.40. The van der Waals surface area contributed by atoms with E-state index in [0.717, 1.165) is 24.6 Å². The second kappa shape index (κ2) is 6.59. The molecule has 1 aromatic rings. The molecule has 1 rings (SSSR count). The van der Waals surface area contributed by atoms with E-state index in [4.69, 9.17) is 11.6 Å². The predicted molar refractivity (Wildman–Crippen MR) is 69.5 cm³/mol. The molecule has 1 amide bonds. The number of halogens is 2. The Labute approximate surface area is 111 Å². The van der Waals surface area contributed by atoms with Gasteiger partial charge >= 0.3 is 0 Å². The van der Waals surface area contributed by atoms with Gasteiger partial charge in [0.25, 0.3) is 5.91 Å². The molecule has 5 heteroatoms. The number of carbonyl (C=O) groups excluding carboxylic acids is 1. The molecule has 0 bridgehead atoms. The fourth-order valence-corrected chi connectivity index (χ4v) is 2.02. The lowest BCUT2D eigenvalue weighted by molar-refractivity contribution is 0.0949. The third-order valence-corrected chi connectivity index (χ3v) is 2.75. The highest BCUT2D eigenvalue weighted by Gasteiger charge is 2.14. The van der Waals surface area contributed by atoms with Gasteiger partial charge in [0, 0.05) is 6.54 Å². The molecule has 0 fully saturated rings. The number of amides is 1. The van der Waals surface area contributed by atoms with Crippen LogP contribution in [0.2, 0.25) is 0 Å². The minimum atomic E-state index is -0.567. The van der Waals surface area contributed by atoms with Crippen molar-refractivity contribution in [3.05, 3.63) is 29.6 Å². The minimum absolute atomic E-state index is 0.0802. The lowest BCUT2D eigenvalue weighted by atomic mass is 10.1. The lowest BCUT2D eigenvalue weighted by Gasteiger charge is -2.13. The molecule has 0 aromatic heterocycles. The van der Waals surface area contributed by atoms with E-state index in [-0.39, 0.29) is 23.2 Å². The van der Waals surface area contributed by atoms with Gasteiger partial charge in [0.05, 0.1) is 10.9 Å². The van der Waals surface area contributed by atoms with Gasteiger partial charge in [-0.15, -0.1) is 11.6 Å². The van der Waals surface area contributed by atoms with Crippen molar-refractivity contribution in [1.82, 2.24) is 5.32 Å². The Morgan fingerprint density at radius 1 is 1.50 bits per heavy atom. The smallest absolute Gasteiger partial charge is 0.255 e. The number of hydrogen-bond acceptors (Lipinski definition) is 2. The molecule has 0 spiro atoms. The minimum Gasteiger partial charge on any atom is -0.507 e. The summed E-state index contributed by atoms with van der Waals surface area (Å²) < 4.78 is 13.0. The fourth-order valence-electron chi connectivity index (χ4n) is 1.58. The van der Waals surface area contributed by atoms with E-state index in [2.05, 4.69) is 5.32 Å². The number of hydrogen-bond donors (Lipinski definition) is 2. The van der Waals surface area contributed by atoms with Crippen molar-refractivity contribution in [2.24, 2.45) is 5.92 Å². The topological polar surface area (TPSA) is 49.3 Å². The van der Waals surface area contributed by atoms with Crippen LogP contribution in [0, 0.1) is 11.7 Å². The van der Waals surface area contributed by atoms with Crippen LogP contribution in [0.5, 0.6) is 5.75 Å². The molecule has 0 radical (unpaired) electrons. The van der Waals surface area contributed by atoms with Crippen molar-refractivity contribution in [2.75, 3.05) is 6.54 Å². The Bertz CT molecular complexity index is 423. The second-order valence-electron chi connectivity index (χ2n) is 4.60. The number of benzene rings is 1. The van der Waals surface area contributed by atoms with Crippen LogP contribution in [0.15, 0.2) is 18.2 Å². The van der Waals surface area contributed by atoms with Crippen molar-refractivity contribution in [1.29, 1.82) is 0 Å². The third-order valence-electron chi connectivity index (χ3n) is 2.41. The predicted octanol–water partition coefficient (Wildman–Crippen LogP) is 2.91. The number of phenolic OH excluding ortho intramolecular Hbond substituents is 1. The quantitative estimate of drug-likeness (QED) is 0.811. The first kappa shape index (κ1) is 14.8. The van der Waals surface area contributed by atoms with Crippen molar-refractivity contribution >= 4 is 17.5 Å². The summed E-state index contributed by atoms with van der Waals surface area (Å²) in [6.07, 6.45) is 0.775. The van der Waals surface area contributed by atoms with Gasteiger partial charge in [-0.2, -0.15) is 0 Å². The Hall–Kier alpha value is -1.29. The Balaban J connectivity index is 2.58. The van der Waals surface area contributed by atoms with Crippen LogP contribution in [0.3, 0.4) is 0 Å². The van der Waals surface area contributed by atoms with E-state index in [0.29, 0.717) is 5.92 Å². The molecule has 2 N–H and O–H groups in total. The van der Waals surface area contributed by atoms with Crippen LogP contribution < -0.4 is 5.32 Å². The van der Waals surface area contributed by atoms with Crippen LogP contribution >= 0.6 is 11.6 Å². The molecular weight excluding hydrogens is 257 g/mol. The van der Waals surface area contributed by atoms with E-state index in [1.54, 1.807) is 0 Å². The fraction of sp³-hybridized carbons (Fsp3) is 0.462. The summed E-state index contributed by atoms with van der Waals surface area (Å²) >= 11 is 6.03. The summed E-state index contributed by atoms with van der Waals surface area (Å²) in [4.78, 5) is 11.7. The second-order valence-corrected chi connectivity index (χ2v) is 5.22. The highest BCUT2D eigenvalue weighted by molar-refractivity contribution is 6.21. The molecule has 0 aliphatic heterocycles. The van der Waals surface area contributed by atoms with Gasteiger partial charge in [0.15, 0.2) is 0 Å². The van der Waals surface area contributed by atoms with Gasteiger partial charge in [0.1, 0.15) is 11.6 Å². The molecule has 1 unspecified atom stereocenters.